The second kappa shape index (κ2) is 7.74. The normalized spacial score (nSPS) is 11.8. The number of ether oxygens (including phenoxy) is 2. The molecule has 1 heterocycles. The topological polar surface area (TPSA) is 73.3 Å². The Kier molecular flexibility index (Phi) is 5.71. The number of carbonyl (C=O) groups is 1. The molecule has 1 N–H and O–H groups in total. The molecule has 7 heteroatoms. The minimum Gasteiger partial charge on any atom is -0.481 e. The molecule has 6 nitrogen and oxygen atoms in total. The van der Waals surface area contributed by atoms with Gasteiger partial charge in [0.15, 0.2) is 6.10 Å². The number of hydrogen-bond donors (Lipinski definition) is 1. The fraction of sp³-hybridized carbons (Fsp3) is 0.400. The molecule has 0 radical (unpaired) electrons. The second-order valence-electron chi connectivity index (χ2n) is 4.63. The Bertz CT molecular complexity index is 630. The molecule has 118 valence electrons. The largest absolute Gasteiger partial charge is 0.481 e. The van der Waals surface area contributed by atoms with Gasteiger partial charge in [0, 0.05) is 0 Å². The first-order valence-electron chi connectivity index (χ1n) is 7.12. The van der Waals surface area contributed by atoms with Crippen molar-refractivity contribution >= 4 is 22.4 Å². The zero-order valence-corrected chi connectivity index (χ0v) is 13.6. The van der Waals surface area contributed by atoms with Crippen molar-refractivity contribution < 1.29 is 14.3 Å². The predicted octanol–water partition coefficient (Wildman–Crippen LogP) is 3.04. The first-order chi connectivity index (χ1) is 10.6. The van der Waals surface area contributed by atoms with Crippen molar-refractivity contribution in [1.29, 1.82) is 0 Å². The Morgan fingerprint density at radius 3 is 2.86 bits per heavy atom. The van der Waals surface area contributed by atoms with Crippen LogP contribution >= 0.6 is 11.3 Å². The van der Waals surface area contributed by atoms with Crippen LogP contribution in [-0.2, 0) is 4.79 Å². The number of aryl methyl sites for hydroxylation is 1. The number of amides is 1. The highest BCUT2D eigenvalue weighted by molar-refractivity contribution is 7.17. The molecule has 2 rings (SSSR count). The number of nitrogens with one attached hydrogen (secondary N) is 1. The predicted molar refractivity (Wildman–Crippen MR) is 85.6 cm³/mol. The molecule has 0 aliphatic rings. The van der Waals surface area contributed by atoms with Crippen LogP contribution in [0.1, 0.15) is 25.8 Å². The van der Waals surface area contributed by atoms with Crippen molar-refractivity contribution in [2.24, 2.45) is 0 Å². The summed E-state index contributed by atoms with van der Waals surface area (Å²) in [6.45, 7) is 6.25. The lowest BCUT2D eigenvalue weighted by molar-refractivity contribution is -0.122. The molecule has 0 saturated carbocycles. The molecule has 0 aliphatic heterocycles. The minimum atomic E-state index is -0.582. The lowest BCUT2D eigenvalue weighted by Crippen LogP contribution is -2.32. The van der Waals surface area contributed by atoms with Crippen molar-refractivity contribution in [3.8, 4) is 10.9 Å². The second-order valence-corrected chi connectivity index (χ2v) is 5.57. The van der Waals surface area contributed by atoms with E-state index in [2.05, 4.69) is 15.5 Å². The van der Waals surface area contributed by atoms with Crippen molar-refractivity contribution in [1.82, 2.24) is 10.2 Å². The highest BCUT2D eigenvalue weighted by Gasteiger charge is 2.20. The van der Waals surface area contributed by atoms with E-state index < -0.39 is 6.10 Å². The minimum absolute atomic E-state index is 0.247. The average Bonchev–Trinajstić information content (AvgIpc) is 2.92. The van der Waals surface area contributed by atoms with Gasteiger partial charge in [0.05, 0.1) is 6.61 Å². The van der Waals surface area contributed by atoms with E-state index in [1.54, 1.807) is 0 Å². The summed E-state index contributed by atoms with van der Waals surface area (Å²) in [7, 11) is 0. The molecule has 0 spiro atoms. The summed E-state index contributed by atoms with van der Waals surface area (Å²) in [6, 6.07) is 7.61. The summed E-state index contributed by atoms with van der Waals surface area (Å²) in [5, 5.41) is 11.2. The number of hydrogen-bond acceptors (Lipinski definition) is 6. The summed E-state index contributed by atoms with van der Waals surface area (Å²) >= 11 is 1.19. The van der Waals surface area contributed by atoms with Gasteiger partial charge in [-0.2, -0.15) is 0 Å². The van der Waals surface area contributed by atoms with Gasteiger partial charge in [0.2, 0.25) is 5.13 Å². The van der Waals surface area contributed by atoms with Gasteiger partial charge in [0.1, 0.15) is 5.75 Å². The molecule has 0 bridgehead atoms. The van der Waals surface area contributed by atoms with Crippen LogP contribution in [0.25, 0.3) is 0 Å². The van der Waals surface area contributed by atoms with E-state index in [9.17, 15) is 4.79 Å². The van der Waals surface area contributed by atoms with Gasteiger partial charge in [-0.3, -0.25) is 10.1 Å². The summed E-state index contributed by atoms with van der Waals surface area (Å²) in [6.07, 6.45) is -0.0297. The highest BCUT2D eigenvalue weighted by atomic mass is 32.1. The van der Waals surface area contributed by atoms with Crippen molar-refractivity contribution in [3.63, 3.8) is 0 Å². The number of anilines is 1. The summed E-state index contributed by atoms with van der Waals surface area (Å²) < 4.78 is 11.0. The van der Waals surface area contributed by atoms with Crippen LogP contribution in [0.3, 0.4) is 0 Å². The Hall–Kier alpha value is -2.15. The van der Waals surface area contributed by atoms with E-state index in [0.29, 0.717) is 29.1 Å². The number of aromatic nitrogens is 2. The molecule has 1 amide bonds. The van der Waals surface area contributed by atoms with E-state index >= 15 is 0 Å². The first kappa shape index (κ1) is 16.2. The van der Waals surface area contributed by atoms with E-state index in [0.717, 1.165) is 5.56 Å². The molecule has 22 heavy (non-hydrogen) atoms. The summed E-state index contributed by atoms with van der Waals surface area (Å²) in [5.41, 5.74) is 1.08. The summed E-state index contributed by atoms with van der Waals surface area (Å²) in [5.74, 6) is 0.428. The van der Waals surface area contributed by atoms with Gasteiger partial charge < -0.3 is 9.47 Å². The van der Waals surface area contributed by atoms with E-state index in [-0.39, 0.29) is 5.91 Å². The Morgan fingerprint density at radius 1 is 1.36 bits per heavy atom. The van der Waals surface area contributed by atoms with Gasteiger partial charge in [-0.25, -0.2) is 0 Å². The lowest BCUT2D eigenvalue weighted by Gasteiger charge is -2.16. The van der Waals surface area contributed by atoms with Crippen LogP contribution in [0, 0.1) is 6.92 Å². The molecular formula is C15H19N3O3S. The fourth-order valence-electron chi connectivity index (χ4n) is 1.80. The van der Waals surface area contributed by atoms with Crippen LogP contribution < -0.4 is 14.8 Å². The van der Waals surface area contributed by atoms with Crippen molar-refractivity contribution in [2.45, 2.75) is 33.3 Å². The van der Waals surface area contributed by atoms with Gasteiger partial charge in [-0.1, -0.05) is 24.2 Å². The third kappa shape index (κ3) is 4.42. The standard InChI is InChI=1S/C15H19N3O3S/c1-4-12(21-11-8-6-7-10(3)9-11)13(19)16-14-17-18-15(22-14)20-5-2/h6-9,12H,4-5H2,1-3H3,(H,16,17,19). The number of benzene rings is 1. The molecular weight excluding hydrogens is 302 g/mol. The number of rotatable bonds is 7. The third-order valence-corrected chi connectivity index (χ3v) is 3.59. The molecule has 0 fully saturated rings. The zero-order chi connectivity index (χ0) is 15.9. The van der Waals surface area contributed by atoms with Crippen molar-refractivity contribution in [2.75, 3.05) is 11.9 Å². The maximum atomic E-state index is 12.3. The lowest BCUT2D eigenvalue weighted by atomic mass is 10.2. The van der Waals surface area contributed by atoms with Gasteiger partial charge in [0.25, 0.3) is 11.1 Å². The van der Waals surface area contributed by atoms with Crippen LogP contribution in [0.2, 0.25) is 0 Å². The van der Waals surface area contributed by atoms with Crippen molar-refractivity contribution in [3.05, 3.63) is 29.8 Å². The SMILES string of the molecule is CCOc1nnc(NC(=O)C(CC)Oc2cccc(C)c2)s1. The average molecular weight is 321 g/mol. The molecule has 0 saturated heterocycles. The van der Waals surface area contributed by atoms with Gasteiger partial charge >= 0.3 is 0 Å². The molecule has 1 unspecified atom stereocenters. The quantitative estimate of drug-likeness (QED) is 0.848. The smallest absolute Gasteiger partial charge is 0.295 e. The van der Waals surface area contributed by atoms with E-state index in [4.69, 9.17) is 9.47 Å². The number of nitrogens with zero attached hydrogens (tertiary/aromatic N) is 2. The highest BCUT2D eigenvalue weighted by Crippen LogP contribution is 2.23. The molecule has 1 atom stereocenters. The van der Waals surface area contributed by atoms with Crippen LogP contribution in [0.5, 0.6) is 10.9 Å². The van der Waals surface area contributed by atoms with E-state index in [1.165, 1.54) is 11.3 Å². The first-order valence-corrected chi connectivity index (χ1v) is 7.94. The third-order valence-electron chi connectivity index (χ3n) is 2.84. The molecule has 1 aromatic heterocycles. The monoisotopic (exact) mass is 321 g/mol. The Balaban J connectivity index is 1.98. The van der Waals surface area contributed by atoms with Gasteiger partial charge in [-0.15, -0.1) is 5.10 Å². The maximum absolute atomic E-state index is 12.3. The maximum Gasteiger partial charge on any atom is 0.295 e. The fourth-order valence-corrected chi connectivity index (χ4v) is 2.46. The van der Waals surface area contributed by atoms with Crippen LogP contribution in [-0.4, -0.2) is 28.8 Å². The molecule has 0 aliphatic carbocycles. The molecule has 1 aromatic carbocycles. The van der Waals surface area contributed by atoms with Gasteiger partial charge in [-0.05, 0) is 49.3 Å². The molecule has 2 aromatic rings. The number of carbonyl (C=O) groups excluding carboxylic acids is 1. The van der Waals surface area contributed by atoms with Crippen LogP contribution in [0.15, 0.2) is 24.3 Å². The Morgan fingerprint density at radius 2 is 2.18 bits per heavy atom. The summed E-state index contributed by atoms with van der Waals surface area (Å²) in [4.78, 5) is 12.3. The zero-order valence-electron chi connectivity index (χ0n) is 12.8. The Labute approximate surface area is 133 Å². The van der Waals surface area contributed by atoms with Crippen LogP contribution in [0.4, 0.5) is 5.13 Å². The van der Waals surface area contributed by atoms with E-state index in [1.807, 2.05) is 45.0 Å².